The van der Waals surface area contributed by atoms with E-state index in [1.54, 1.807) is 0 Å². The molecule has 13 heavy (non-hydrogen) atoms. The maximum absolute atomic E-state index is 9.59. The lowest BCUT2D eigenvalue weighted by molar-refractivity contribution is 0.154. The van der Waals surface area contributed by atoms with Crippen LogP contribution in [0.1, 0.15) is 40.5 Å². The van der Waals surface area contributed by atoms with Gasteiger partial charge in [-0.3, -0.25) is 4.90 Å². The van der Waals surface area contributed by atoms with Gasteiger partial charge >= 0.3 is 0 Å². The van der Waals surface area contributed by atoms with Crippen molar-refractivity contribution in [3.05, 3.63) is 0 Å². The molecule has 0 aromatic carbocycles. The molecule has 0 aromatic heterocycles. The molecule has 0 radical (unpaired) electrons. The number of hydrogen-bond acceptors (Lipinski definition) is 2. The van der Waals surface area contributed by atoms with Crippen LogP contribution in [-0.2, 0) is 0 Å². The van der Waals surface area contributed by atoms with Crippen molar-refractivity contribution >= 4 is 0 Å². The molecule has 0 aliphatic carbocycles. The molecule has 0 bridgehead atoms. The molecule has 1 heterocycles. The maximum atomic E-state index is 9.59. The van der Waals surface area contributed by atoms with Crippen LogP contribution in [0.25, 0.3) is 0 Å². The topological polar surface area (TPSA) is 23.5 Å². The number of rotatable bonds is 3. The van der Waals surface area contributed by atoms with Crippen LogP contribution in [0.2, 0.25) is 0 Å². The van der Waals surface area contributed by atoms with E-state index in [1.807, 2.05) is 0 Å². The Bertz CT molecular complexity index is 156. The second kappa shape index (κ2) is 4.43. The molecule has 1 fully saturated rings. The molecule has 2 atom stereocenters. The molecule has 2 unspecified atom stereocenters. The number of likely N-dealkylation sites (tertiary alicyclic amines) is 1. The fourth-order valence-corrected chi connectivity index (χ4v) is 2.32. The molecule has 0 saturated carbocycles. The first-order chi connectivity index (χ1) is 6.00. The minimum atomic E-state index is -0.0915. The third-order valence-corrected chi connectivity index (χ3v) is 2.84. The van der Waals surface area contributed by atoms with E-state index >= 15 is 0 Å². The van der Waals surface area contributed by atoms with Gasteiger partial charge in [0.25, 0.3) is 0 Å². The second-order valence-electron chi connectivity index (χ2n) is 4.96. The van der Waals surface area contributed by atoms with Crippen molar-refractivity contribution in [1.29, 1.82) is 0 Å². The zero-order valence-electron chi connectivity index (χ0n) is 9.33. The molecule has 0 aromatic rings. The SMILES string of the molecule is CC(C)CC1CC(O)CN1C(C)C. The minimum absolute atomic E-state index is 0.0915. The molecule has 2 heteroatoms. The van der Waals surface area contributed by atoms with Crippen LogP contribution in [0.4, 0.5) is 0 Å². The van der Waals surface area contributed by atoms with Crippen molar-refractivity contribution in [3.8, 4) is 0 Å². The van der Waals surface area contributed by atoms with Crippen LogP contribution in [0.5, 0.6) is 0 Å². The van der Waals surface area contributed by atoms with Gasteiger partial charge in [-0.05, 0) is 32.6 Å². The van der Waals surface area contributed by atoms with Crippen LogP contribution < -0.4 is 0 Å². The summed E-state index contributed by atoms with van der Waals surface area (Å²) in [5.74, 6) is 0.733. The van der Waals surface area contributed by atoms with E-state index in [1.165, 1.54) is 6.42 Å². The average molecular weight is 185 g/mol. The smallest absolute Gasteiger partial charge is 0.0682 e. The van der Waals surface area contributed by atoms with E-state index in [2.05, 4.69) is 32.6 Å². The third-order valence-electron chi connectivity index (χ3n) is 2.84. The Morgan fingerprint density at radius 2 is 1.92 bits per heavy atom. The highest BCUT2D eigenvalue weighted by molar-refractivity contribution is 4.87. The number of aliphatic hydroxyl groups is 1. The summed E-state index contributed by atoms with van der Waals surface area (Å²) in [6.07, 6.45) is 2.09. The zero-order chi connectivity index (χ0) is 10.0. The van der Waals surface area contributed by atoms with Gasteiger partial charge in [0.2, 0.25) is 0 Å². The van der Waals surface area contributed by atoms with Crippen molar-refractivity contribution in [2.75, 3.05) is 6.54 Å². The van der Waals surface area contributed by atoms with Gasteiger partial charge in [0.15, 0.2) is 0 Å². The molecular weight excluding hydrogens is 162 g/mol. The van der Waals surface area contributed by atoms with Crippen LogP contribution in [-0.4, -0.2) is 34.7 Å². The molecule has 1 aliphatic rings. The summed E-state index contributed by atoms with van der Waals surface area (Å²) >= 11 is 0. The Balaban J connectivity index is 2.50. The van der Waals surface area contributed by atoms with Crippen molar-refractivity contribution in [2.24, 2.45) is 5.92 Å². The summed E-state index contributed by atoms with van der Waals surface area (Å²) in [5, 5.41) is 9.59. The van der Waals surface area contributed by atoms with Gasteiger partial charge in [0.1, 0.15) is 0 Å². The number of hydrogen-bond donors (Lipinski definition) is 1. The lowest BCUT2D eigenvalue weighted by atomic mass is 10.0. The minimum Gasteiger partial charge on any atom is -0.392 e. The summed E-state index contributed by atoms with van der Waals surface area (Å²) in [6, 6.07) is 1.18. The largest absolute Gasteiger partial charge is 0.392 e. The van der Waals surface area contributed by atoms with Crippen LogP contribution >= 0.6 is 0 Å². The normalized spacial score (nSPS) is 30.7. The summed E-state index contributed by atoms with van der Waals surface area (Å²) in [4.78, 5) is 2.44. The first-order valence-corrected chi connectivity index (χ1v) is 5.44. The summed E-state index contributed by atoms with van der Waals surface area (Å²) in [5.41, 5.74) is 0. The van der Waals surface area contributed by atoms with E-state index in [4.69, 9.17) is 0 Å². The summed E-state index contributed by atoms with van der Waals surface area (Å²) in [6.45, 7) is 9.80. The lowest BCUT2D eigenvalue weighted by Crippen LogP contribution is -2.36. The molecule has 1 saturated heterocycles. The fraction of sp³-hybridized carbons (Fsp3) is 1.00. The van der Waals surface area contributed by atoms with Crippen molar-refractivity contribution in [1.82, 2.24) is 4.90 Å². The Morgan fingerprint density at radius 1 is 1.31 bits per heavy atom. The third kappa shape index (κ3) is 2.96. The van der Waals surface area contributed by atoms with Gasteiger partial charge in [-0.1, -0.05) is 13.8 Å². The standard InChI is InChI=1S/C11H23NO/c1-8(2)5-10-6-11(13)7-12(10)9(3)4/h8-11,13H,5-7H2,1-4H3. The Kier molecular flexibility index (Phi) is 3.74. The number of β-amino-alcohol motifs (C(OH)–C–C–N with tert-alkyl or cyclic N) is 1. The fourth-order valence-electron chi connectivity index (χ4n) is 2.32. The molecule has 1 N–H and O–H groups in total. The Hall–Kier alpha value is -0.0800. The predicted molar refractivity (Wildman–Crippen MR) is 55.7 cm³/mol. The van der Waals surface area contributed by atoms with Crippen LogP contribution in [0.15, 0.2) is 0 Å². The highest BCUT2D eigenvalue weighted by atomic mass is 16.3. The molecular formula is C11H23NO. The quantitative estimate of drug-likeness (QED) is 0.725. The molecule has 78 valence electrons. The van der Waals surface area contributed by atoms with Gasteiger partial charge < -0.3 is 5.11 Å². The molecule has 0 spiro atoms. The van der Waals surface area contributed by atoms with Crippen molar-refractivity contribution < 1.29 is 5.11 Å². The second-order valence-corrected chi connectivity index (χ2v) is 4.96. The van der Waals surface area contributed by atoms with Gasteiger partial charge in [0, 0.05) is 18.6 Å². The van der Waals surface area contributed by atoms with E-state index < -0.39 is 0 Å². The van der Waals surface area contributed by atoms with Gasteiger partial charge in [-0.25, -0.2) is 0 Å². The Labute approximate surface area is 81.9 Å². The zero-order valence-corrected chi connectivity index (χ0v) is 9.33. The van der Waals surface area contributed by atoms with Gasteiger partial charge in [-0.15, -0.1) is 0 Å². The molecule has 0 amide bonds. The highest BCUT2D eigenvalue weighted by Gasteiger charge is 2.32. The monoisotopic (exact) mass is 185 g/mol. The van der Waals surface area contributed by atoms with Gasteiger partial charge in [0.05, 0.1) is 6.10 Å². The number of aliphatic hydroxyl groups excluding tert-OH is 1. The Morgan fingerprint density at radius 3 is 2.38 bits per heavy atom. The molecule has 1 rings (SSSR count). The summed E-state index contributed by atoms with van der Waals surface area (Å²) < 4.78 is 0. The lowest BCUT2D eigenvalue weighted by Gasteiger charge is -2.28. The van der Waals surface area contributed by atoms with E-state index in [-0.39, 0.29) is 6.10 Å². The molecule has 2 nitrogen and oxygen atoms in total. The van der Waals surface area contributed by atoms with E-state index in [0.717, 1.165) is 18.9 Å². The average Bonchev–Trinajstić information content (AvgIpc) is 2.29. The van der Waals surface area contributed by atoms with Crippen LogP contribution in [0.3, 0.4) is 0 Å². The maximum Gasteiger partial charge on any atom is 0.0682 e. The first kappa shape index (κ1) is 11.0. The van der Waals surface area contributed by atoms with E-state index in [0.29, 0.717) is 12.1 Å². The predicted octanol–water partition coefficient (Wildman–Crippen LogP) is 1.88. The highest BCUT2D eigenvalue weighted by Crippen LogP contribution is 2.25. The summed E-state index contributed by atoms with van der Waals surface area (Å²) in [7, 11) is 0. The van der Waals surface area contributed by atoms with Crippen LogP contribution in [0, 0.1) is 5.92 Å². The van der Waals surface area contributed by atoms with Crippen molar-refractivity contribution in [3.63, 3.8) is 0 Å². The van der Waals surface area contributed by atoms with Gasteiger partial charge in [-0.2, -0.15) is 0 Å². The van der Waals surface area contributed by atoms with E-state index in [9.17, 15) is 5.11 Å². The first-order valence-electron chi connectivity index (χ1n) is 5.44. The number of nitrogens with zero attached hydrogens (tertiary/aromatic N) is 1. The van der Waals surface area contributed by atoms with Crippen molar-refractivity contribution in [2.45, 2.75) is 58.7 Å². The molecule has 1 aliphatic heterocycles.